The van der Waals surface area contributed by atoms with E-state index in [0.717, 1.165) is 31.2 Å². The fraction of sp³-hybridized carbons (Fsp3) is 0.458. The Kier molecular flexibility index (Phi) is 6.78. The van der Waals surface area contributed by atoms with Gasteiger partial charge in [0.25, 0.3) is 11.8 Å². The molecule has 1 aliphatic heterocycles. The number of benzene rings is 1. The quantitative estimate of drug-likeness (QED) is 0.751. The second-order valence-corrected chi connectivity index (χ2v) is 8.63. The zero-order valence-electron chi connectivity index (χ0n) is 18.3. The lowest BCUT2D eigenvalue weighted by molar-refractivity contribution is -0.119. The second kappa shape index (κ2) is 9.89. The Morgan fingerprint density at radius 1 is 0.938 bits per heavy atom. The first kappa shape index (κ1) is 21.9. The number of hydrogen-bond donors (Lipinski definition) is 2. The molecule has 32 heavy (non-hydrogen) atoms. The molecule has 2 fully saturated rings. The van der Waals surface area contributed by atoms with Crippen molar-refractivity contribution in [3.8, 4) is 0 Å². The molecule has 3 amide bonds. The predicted octanol–water partition coefficient (Wildman–Crippen LogP) is 2.95. The fourth-order valence-electron chi connectivity index (χ4n) is 4.36. The van der Waals surface area contributed by atoms with Crippen LogP contribution in [0.3, 0.4) is 0 Å². The lowest BCUT2D eigenvalue weighted by Gasteiger charge is -2.32. The molecule has 2 aliphatic rings. The molecule has 0 atom stereocenters. The molecule has 8 nitrogen and oxygen atoms in total. The van der Waals surface area contributed by atoms with Gasteiger partial charge in [0, 0.05) is 43.0 Å². The first-order chi connectivity index (χ1) is 15.5. The number of rotatable bonds is 5. The average Bonchev–Trinajstić information content (AvgIpc) is 3.35. The molecule has 1 aliphatic carbocycles. The summed E-state index contributed by atoms with van der Waals surface area (Å²) in [6, 6.07) is 7.50. The van der Waals surface area contributed by atoms with E-state index in [0.29, 0.717) is 31.5 Å². The van der Waals surface area contributed by atoms with Gasteiger partial charge in [0.2, 0.25) is 5.91 Å². The molecular weight excluding hydrogens is 406 g/mol. The summed E-state index contributed by atoms with van der Waals surface area (Å²) in [4.78, 5) is 48.2. The van der Waals surface area contributed by atoms with Crippen LogP contribution in [0.5, 0.6) is 0 Å². The minimum Gasteiger partial charge on any atom is -0.348 e. The van der Waals surface area contributed by atoms with E-state index in [4.69, 9.17) is 0 Å². The lowest BCUT2D eigenvalue weighted by atomic mass is 10.0. The van der Waals surface area contributed by atoms with Gasteiger partial charge in [0.05, 0.1) is 0 Å². The number of hydrogen-bond acceptors (Lipinski definition) is 5. The average molecular weight is 436 g/mol. The Morgan fingerprint density at radius 2 is 1.59 bits per heavy atom. The molecule has 1 saturated carbocycles. The van der Waals surface area contributed by atoms with Gasteiger partial charge in [0.1, 0.15) is 0 Å². The van der Waals surface area contributed by atoms with Gasteiger partial charge < -0.3 is 15.5 Å². The molecule has 2 heterocycles. The minimum absolute atomic E-state index is 0.0145. The van der Waals surface area contributed by atoms with E-state index in [1.807, 2.05) is 36.1 Å². The van der Waals surface area contributed by atoms with E-state index in [2.05, 4.69) is 20.6 Å². The molecule has 1 aromatic carbocycles. The van der Waals surface area contributed by atoms with E-state index in [1.54, 1.807) is 0 Å². The molecule has 4 rings (SSSR count). The number of aryl methyl sites for hydroxylation is 1. The smallest absolute Gasteiger partial charge is 0.273 e. The number of carbonyl (C=O) groups is 3. The van der Waals surface area contributed by atoms with Gasteiger partial charge >= 0.3 is 0 Å². The standard InChI is InChI=1S/C24H29N5O3/c1-16-6-8-18(9-7-16)24(32)29-14-10-19(11-15-29)27-23(31)20-21(26-13-12-25-20)28-22(30)17-4-2-3-5-17/h6-9,12-13,17,19H,2-5,10-11,14-15H2,1H3,(H,27,31)(H,26,28,30). The van der Waals surface area contributed by atoms with Gasteiger partial charge in [-0.05, 0) is 44.7 Å². The summed E-state index contributed by atoms with van der Waals surface area (Å²) in [5, 5.41) is 5.78. The first-order valence-corrected chi connectivity index (χ1v) is 11.3. The second-order valence-electron chi connectivity index (χ2n) is 8.63. The molecule has 1 aromatic heterocycles. The van der Waals surface area contributed by atoms with Gasteiger partial charge in [0.15, 0.2) is 11.5 Å². The molecular formula is C24H29N5O3. The number of piperidine rings is 1. The van der Waals surface area contributed by atoms with Crippen molar-refractivity contribution in [3.63, 3.8) is 0 Å². The van der Waals surface area contributed by atoms with Gasteiger partial charge in [-0.15, -0.1) is 0 Å². The van der Waals surface area contributed by atoms with Crippen LogP contribution in [0.25, 0.3) is 0 Å². The molecule has 2 N–H and O–H groups in total. The number of carbonyl (C=O) groups excluding carboxylic acids is 3. The number of nitrogens with zero attached hydrogens (tertiary/aromatic N) is 3. The van der Waals surface area contributed by atoms with Crippen molar-refractivity contribution in [3.05, 3.63) is 53.5 Å². The monoisotopic (exact) mass is 435 g/mol. The third-order valence-corrected chi connectivity index (χ3v) is 6.30. The molecule has 0 radical (unpaired) electrons. The van der Waals surface area contributed by atoms with E-state index in [9.17, 15) is 14.4 Å². The van der Waals surface area contributed by atoms with Crippen LogP contribution < -0.4 is 10.6 Å². The predicted molar refractivity (Wildman–Crippen MR) is 120 cm³/mol. The summed E-state index contributed by atoms with van der Waals surface area (Å²) in [5.74, 6) is -0.263. The van der Waals surface area contributed by atoms with E-state index in [-0.39, 0.29) is 41.2 Å². The van der Waals surface area contributed by atoms with Crippen molar-refractivity contribution >= 4 is 23.5 Å². The topological polar surface area (TPSA) is 104 Å². The van der Waals surface area contributed by atoms with Crippen molar-refractivity contribution in [2.24, 2.45) is 5.92 Å². The van der Waals surface area contributed by atoms with Gasteiger partial charge in [-0.1, -0.05) is 30.5 Å². The van der Waals surface area contributed by atoms with Crippen molar-refractivity contribution in [2.75, 3.05) is 18.4 Å². The van der Waals surface area contributed by atoms with Crippen molar-refractivity contribution in [1.29, 1.82) is 0 Å². The number of nitrogens with one attached hydrogen (secondary N) is 2. The minimum atomic E-state index is -0.358. The van der Waals surface area contributed by atoms with Crippen LogP contribution in [-0.4, -0.2) is 51.7 Å². The molecule has 0 bridgehead atoms. The van der Waals surface area contributed by atoms with E-state index < -0.39 is 0 Å². The molecule has 0 unspecified atom stereocenters. The molecule has 8 heteroatoms. The van der Waals surface area contributed by atoms with Crippen molar-refractivity contribution < 1.29 is 14.4 Å². The summed E-state index contributed by atoms with van der Waals surface area (Å²) in [6.07, 6.45) is 8.08. The van der Waals surface area contributed by atoms with E-state index >= 15 is 0 Å². The van der Waals surface area contributed by atoms with Crippen LogP contribution in [0.15, 0.2) is 36.7 Å². The first-order valence-electron chi connectivity index (χ1n) is 11.3. The largest absolute Gasteiger partial charge is 0.348 e. The van der Waals surface area contributed by atoms with Crippen LogP contribution >= 0.6 is 0 Å². The SMILES string of the molecule is Cc1ccc(C(=O)N2CCC(NC(=O)c3nccnc3NC(=O)C3CCCC3)CC2)cc1. The third kappa shape index (κ3) is 5.12. The van der Waals surface area contributed by atoms with Crippen LogP contribution in [-0.2, 0) is 4.79 Å². The fourth-order valence-corrected chi connectivity index (χ4v) is 4.36. The molecule has 1 saturated heterocycles. The zero-order valence-corrected chi connectivity index (χ0v) is 18.3. The highest BCUT2D eigenvalue weighted by atomic mass is 16.2. The van der Waals surface area contributed by atoms with Gasteiger partial charge in [-0.25, -0.2) is 9.97 Å². The van der Waals surface area contributed by atoms with Crippen LogP contribution in [0.1, 0.15) is 64.9 Å². The van der Waals surface area contributed by atoms with Crippen LogP contribution in [0.4, 0.5) is 5.82 Å². The number of anilines is 1. The summed E-state index contributed by atoms with van der Waals surface area (Å²) in [6.45, 7) is 3.14. The zero-order chi connectivity index (χ0) is 22.5. The van der Waals surface area contributed by atoms with Gasteiger partial charge in [-0.3, -0.25) is 14.4 Å². The molecule has 0 spiro atoms. The molecule has 168 valence electrons. The molecule has 2 aromatic rings. The third-order valence-electron chi connectivity index (χ3n) is 6.30. The summed E-state index contributed by atoms with van der Waals surface area (Å²) in [7, 11) is 0. The van der Waals surface area contributed by atoms with Crippen molar-refractivity contribution in [1.82, 2.24) is 20.2 Å². The summed E-state index contributed by atoms with van der Waals surface area (Å²) < 4.78 is 0. The Morgan fingerprint density at radius 3 is 2.28 bits per heavy atom. The number of aromatic nitrogens is 2. The van der Waals surface area contributed by atoms with Crippen molar-refractivity contribution in [2.45, 2.75) is 51.5 Å². The Labute approximate surface area is 187 Å². The maximum atomic E-state index is 12.9. The number of likely N-dealkylation sites (tertiary alicyclic amines) is 1. The lowest BCUT2D eigenvalue weighted by Crippen LogP contribution is -2.46. The highest BCUT2D eigenvalue weighted by Gasteiger charge is 2.28. The summed E-state index contributed by atoms with van der Waals surface area (Å²) >= 11 is 0. The number of amides is 3. The maximum Gasteiger partial charge on any atom is 0.273 e. The van der Waals surface area contributed by atoms with E-state index in [1.165, 1.54) is 12.4 Å². The normalized spacial score (nSPS) is 17.2. The highest BCUT2D eigenvalue weighted by Crippen LogP contribution is 2.26. The highest BCUT2D eigenvalue weighted by molar-refractivity contribution is 6.01. The van der Waals surface area contributed by atoms with Gasteiger partial charge in [-0.2, -0.15) is 0 Å². The Hall–Kier alpha value is -3.29. The van der Waals surface area contributed by atoms with Crippen LogP contribution in [0.2, 0.25) is 0 Å². The Bertz CT molecular complexity index is 977. The Balaban J connectivity index is 1.33. The maximum absolute atomic E-state index is 12.9. The summed E-state index contributed by atoms with van der Waals surface area (Å²) in [5.41, 5.74) is 1.92. The van der Waals surface area contributed by atoms with Crippen LogP contribution in [0, 0.1) is 12.8 Å².